The Bertz CT molecular complexity index is 298. The third-order valence-electron chi connectivity index (χ3n) is 1.31. The summed E-state index contributed by atoms with van der Waals surface area (Å²) in [7, 11) is 1.71. The lowest BCUT2D eigenvalue weighted by Gasteiger charge is -2.00. The van der Waals surface area contributed by atoms with Gasteiger partial charge in [0.15, 0.2) is 0 Å². The van der Waals surface area contributed by atoms with Crippen molar-refractivity contribution in [2.75, 3.05) is 7.05 Å². The van der Waals surface area contributed by atoms with Crippen molar-refractivity contribution in [2.45, 2.75) is 0 Å². The topological polar surface area (TPSA) is 24.7 Å². The van der Waals surface area contributed by atoms with Gasteiger partial charge in [-0.15, -0.1) is 0 Å². The minimum Gasteiger partial charge on any atom is -0.286 e. The molecule has 0 amide bonds. The maximum absolute atomic E-state index is 5.03. The van der Waals surface area contributed by atoms with E-state index in [9.17, 15) is 0 Å². The largest absolute Gasteiger partial charge is 0.286 e. The molecule has 11 heavy (non-hydrogen) atoms. The summed E-state index contributed by atoms with van der Waals surface area (Å²) < 4.78 is 0. The number of hydrogen-bond donors (Lipinski definition) is 0. The zero-order chi connectivity index (χ0) is 8.10. The van der Waals surface area contributed by atoms with Gasteiger partial charge >= 0.3 is 0 Å². The van der Waals surface area contributed by atoms with E-state index in [-0.39, 0.29) is 0 Å². The molecule has 0 heterocycles. The highest BCUT2D eigenvalue weighted by Gasteiger charge is 2.02. The monoisotopic (exact) mass is 144 g/mol. The molecule has 0 radical (unpaired) electrons. The number of hydrogen-bond acceptors (Lipinski definition) is 2. The van der Waals surface area contributed by atoms with Crippen molar-refractivity contribution in [1.29, 1.82) is 0 Å². The fourth-order valence-corrected chi connectivity index (χ4v) is 0.817. The zero-order valence-electron chi connectivity index (χ0n) is 6.28. The Labute approximate surface area is 66.1 Å². The number of nitrogens with zero attached hydrogens (tertiary/aromatic N) is 2. The summed E-state index contributed by atoms with van der Waals surface area (Å²) in [5, 5.41) is 0. The second-order valence-corrected chi connectivity index (χ2v) is 1.95. The molecule has 2 nitrogen and oxygen atoms in total. The molecule has 1 rings (SSSR count). The highest BCUT2D eigenvalue weighted by Crippen LogP contribution is 1.97. The summed E-state index contributed by atoms with van der Waals surface area (Å²) in [5.41, 5.74) is 1.57. The lowest BCUT2D eigenvalue weighted by Crippen LogP contribution is -2.10. The third kappa shape index (κ3) is 1.65. The zero-order valence-corrected chi connectivity index (χ0v) is 6.28. The first-order valence-electron chi connectivity index (χ1n) is 3.23. The Kier molecular flexibility index (Phi) is 2.40. The van der Waals surface area contributed by atoms with Crippen LogP contribution in [0.2, 0.25) is 0 Å². The molecule has 0 atom stereocenters. The number of terminal acetylenes is 1. The molecule has 1 aliphatic rings. The van der Waals surface area contributed by atoms with Gasteiger partial charge in [0, 0.05) is 13.1 Å². The van der Waals surface area contributed by atoms with Gasteiger partial charge in [0.05, 0.1) is 11.4 Å². The van der Waals surface area contributed by atoms with E-state index in [0.29, 0.717) is 0 Å². The number of rotatable bonds is 0. The Balaban J connectivity index is 3.00. The predicted molar refractivity (Wildman–Crippen MR) is 47.9 cm³/mol. The van der Waals surface area contributed by atoms with Gasteiger partial charge in [-0.3, -0.25) is 4.99 Å². The third-order valence-corrected chi connectivity index (χ3v) is 1.31. The molecule has 0 saturated heterocycles. The molecular weight excluding hydrogens is 136 g/mol. The summed E-state index contributed by atoms with van der Waals surface area (Å²) in [4.78, 5) is 7.81. The van der Waals surface area contributed by atoms with Gasteiger partial charge in [-0.2, -0.15) is 4.99 Å². The van der Waals surface area contributed by atoms with Gasteiger partial charge in [0.1, 0.15) is 0 Å². The molecule has 0 aromatic heterocycles. The number of aliphatic imine (C=N–C) groups is 2. The molecule has 0 fully saturated rings. The van der Waals surface area contributed by atoms with Crippen LogP contribution in [-0.4, -0.2) is 18.5 Å². The van der Waals surface area contributed by atoms with Crippen molar-refractivity contribution in [3.63, 3.8) is 0 Å². The first-order valence-corrected chi connectivity index (χ1v) is 3.23. The second kappa shape index (κ2) is 3.52. The van der Waals surface area contributed by atoms with Crippen LogP contribution in [0, 0.1) is 12.5 Å². The van der Waals surface area contributed by atoms with E-state index in [2.05, 4.69) is 16.0 Å². The Morgan fingerprint density at radius 1 is 1.27 bits per heavy atom. The average Bonchev–Trinajstić information content (AvgIpc) is 2.06. The fourth-order valence-electron chi connectivity index (χ4n) is 0.817. The van der Waals surface area contributed by atoms with E-state index in [1.807, 2.05) is 24.3 Å². The first kappa shape index (κ1) is 7.49. The van der Waals surface area contributed by atoms with E-state index in [1.54, 1.807) is 7.05 Å². The summed E-state index contributed by atoms with van der Waals surface area (Å²) >= 11 is 0. The standard InChI is InChI=1S/C9H8N2/c1-3-11-9-7-5-4-6-8(9)10-2/h1,4-7H,2H3. The van der Waals surface area contributed by atoms with Crippen LogP contribution in [0.1, 0.15) is 0 Å². The minimum absolute atomic E-state index is 0.748. The molecule has 0 N–H and O–H groups in total. The first-order chi connectivity index (χ1) is 5.38. The molecule has 54 valence electrons. The van der Waals surface area contributed by atoms with Crippen molar-refractivity contribution >= 4 is 11.4 Å². The quantitative estimate of drug-likeness (QED) is 0.360. The summed E-state index contributed by atoms with van der Waals surface area (Å²) in [5.74, 6) is 0. The highest BCUT2D eigenvalue weighted by molar-refractivity contribution is 6.51. The summed E-state index contributed by atoms with van der Waals surface area (Å²) in [6, 6.07) is 2.22. The molecule has 1 aliphatic carbocycles. The Hall–Kier alpha value is -1.62. The molecule has 0 unspecified atom stereocenters. The van der Waals surface area contributed by atoms with Crippen LogP contribution in [0.3, 0.4) is 0 Å². The molecule has 0 bridgehead atoms. The van der Waals surface area contributed by atoms with Crippen molar-refractivity contribution in [3.8, 4) is 12.5 Å². The Morgan fingerprint density at radius 2 is 1.91 bits per heavy atom. The maximum atomic E-state index is 5.03. The van der Waals surface area contributed by atoms with Crippen molar-refractivity contribution in [1.82, 2.24) is 0 Å². The van der Waals surface area contributed by atoms with Gasteiger partial charge < -0.3 is 0 Å². The van der Waals surface area contributed by atoms with E-state index < -0.39 is 0 Å². The smallest absolute Gasteiger partial charge is 0.0988 e. The lowest BCUT2D eigenvalue weighted by atomic mass is 10.1. The maximum Gasteiger partial charge on any atom is 0.0988 e. The molecule has 0 saturated carbocycles. The van der Waals surface area contributed by atoms with Gasteiger partial charge in [-0.05, 0) is 12.2 Å². The van der Waals surface area contributed by atoms with Crippen LogP contribution in [0.4, 0.5) is 0 Å². The van der Waals surface area contributed by atoms with Crippen molar-refractivity contribution in [2.24, 2.45) is 9.98 Å². The van der Waals surface area contributed by atoms with Crippen LogP contribution >= 0.6 is 0 Å². The van der Waals surface area contributed by atoms with Crippen LogP contribution in [0.15, 0.2) is 34.3 Å². The molecule has 0 aromatic carbocycles. The van der Waals surface area contributed by atoms with Crippen LogP contribution < -0.4 is 0 Å². The van der Waals surface area contributed by atoms with Crippen molar-refractivity contribution < 1.29 is 0 Å². The summed E-state index contributed by atoms with van der Waals surface area (Å²) in [6.45, 7) is 0. The molecule has 0 spiro atoms. The SMILES string of the molecule is C#CN=C1C=CC=CC1=NC. The van der Waals surface area contributed by atoms with Gasteiger partial charge in [-0.25, -0.2) is 0 Å². The Morgan fingerprint density at radius 3 is 2.45 bits per heavy atom. The van der Waals surface area contributed by atoms with Crippen LogP contribution in [0.25, 0.3) is 0 Å². The van der Waals surface area contributed by atoms with Gasteiger partial charge in [-0.1, -0.05) is 18.6 Å². The highest BCUT2D eigenvalue weighted by atomic mass is 14.8. The van der Waals surface area contributed by atoms with E-state index in [1.165, 1.54) is 0 Å². The average molecular weight is 144 g/mol. The predicted octanol–water partition coefficient (Wildman–Crippen LogP) is 1.21. The van der Waals surface area contributed by atoms with Crippen LogP contribution in [0.5, 0.6) is 0 Å². The molecular formula is C9H8N2. The van der Waals surface area contributed by atoms with E-state index in [4.69, 9.17) is 6.42 Å². The van der Waals surface area contributed by atoms with Gasteiger partial charge in [0.2, 0.25) is 0 Å². The van der Waals surface area contributed by atoms with E-state index >= 15 is 0 Å². The van der Waals surface area contributed by atoms with E-state index in [0.717, 1.165) is 11.4 Å². The fraction of sp³-hybridized carbons (Fsp3) is 0.111. The normalized spacial score (nSPS) is 22.5. The molecule has 0 aromatic rings. The minimum atomic E-state index is 0.748. The molecule has 2 heteroatoms. The van der Waals surface area contributed by atoms with Crippen LogP contribution in [-0.2, 0) is 0 Å². The van der Waals surface area contributed by atoms with Crippen molar-refractivity contribution in [3.05, 3.63) is 24.3 Å². The van der Waals surface area contributed by atoms with Gasteiger partial charge in [0.25, 0.3) is 0 Å². The summed E-state index contributed by atoms with van der Waals surface area (Å²) in [6.07, 6.45) is 12.5. The lowest BCUT2D eigenvalue weighted by molar-refractivity contribution is 1.45. The number of allylic oxidation sites excluding steroid dienone is 4. The second-order valence-electron chi connectivity index (χ2n) is 1.95. The molecule has 0 aliphatic heterocycles.